The van der Waals surface area contributed by atoms with Gasteiger partial charge < -0.3 is 4.98 Å². The first-order chi connectivity index (χ1) is 12.7. The molecule has 4 rings (SSSR count). The number of nitrogens with one attached hydrogen (secondary N) is 1. The standard InChI is InChI=1S/C22H23FN2O/c23-18-6-7-21-19(13-18)20(14-24-21)22(26)15-25-10-8-17(9-11-25)12-16-4-2-1-3-5-16/h1-7,13-14,17,24H,8-12,15H2. The van der Waals surface area contributed by atoms with E-state index in [1.165, 1.54) is 17.7 Å². The Hall–Kier alpha value is -2.46. The van der Waals surface area contributed by atoms with E-state index in [4.69, 9.17) is 0 Å². The minimum absolute atomic E-state index is 0.0587. The van der Waals surface area contributed by atoms with E-state index in [-0.39, 0.29) is 11.6 Å². The third-order valence-electron chi connectivity index (χ3n) is 5.39. The molecule has 1 saturated heterocycles. The summed E-state index contributed by atoms with van der Waals surface area (Å²) in [6, 6.07) is 15.1. The molecule has 4 heteroatoms. The van der Waals surface area contributed by atoms with Gasteiger partial charge in [-0.2, -0.15) is 0 Å². The molecule has 0 radical (unpaired) electrons. The second-order valence-corrected chi connectivity index (χ2v) is 7.22. The number of halogens is 1. The number of hydrogen-bond acceptors (Lipinski definition) is 2. The van der Waals surface area contributed by atoms with Crippen LogP contribution in [0.5, 0.6) is 0 Å². The maximum absolute atomic E-state index is 13.5. The lowest BCUT2D eigenvalue weighted by Crippen LogP contribution is -2.37. The number of carbonyl (C=O) groups is 1. The summed E-state index contributed by atoms with van der Waals surface area (Å²) >= 11 is 0. The second-order valence-electron chi connectivity index (χ2n) is 7.22. The van der Waals surface area contributed by atoms with Crippen molar-refractivity contribution < 1.29 is 9.18 Å². The number of aromatic amines is 1. The molecular weight excluding hydrogens is 327 g/mol. The fourth-order valence-corrected chi connectivity index (χ4v) is 3.91. The van der Waals surface area contributed by atoms with E-state index in [1.807, 2.05) is 6.07 Å². The number of piperidine rings is 1. The maximum atomic E-state index is 13.5. The maximum Gasteiger partial charge on any atom is 0.178 e. The van der Waals surface area contributed by atoms with E-state index in [0.29, 0.717) is 23.4 Å². The molecule has 2 heterocycles. The lowest BCUT2D eigenvalue weighted by molar-refractivity contribution is 0.0897. The van der Waals surface area contributed by atoms with Crippen molar-refractivity contribution in [1.82, 2.24) is 9.88 Å². The summed E-state index contributed by atoms with van der Waals surface area (Å²) in [4.78, 5) is 18.0. The van der Waals surface area contributed by atoms with Crippen LogP contribution in [0.25, 0.3) is 10.9 Å². The normalized spacial score (nSPS) is 16.2. The predicted molar refractivity (Wildman–Crippen MR) is 102 cm³/mol. The number of Topliss-reactive ketones (excluding diaryl/α,β-unsaturated/α-hetero) is 1. The van der Waals surface area contributed by atoms with Crippen molar-refractivity contribution in [2.45, 2.75) is 19.3 Å². The number of nitrogens with zero attached hydrogens (tertiary/aromatic N) is 1. The first-order valence-corrected chi connectivity index (χ1v) is 9.25. The molecule has 1 aliphatic rings. The van der Waals surface area contributed by atoms with Gasteiger partial charge in [0.1, 0.15) is 5.82 Å². The van der Waals surface area contributed by atoms with Gasteiger partial charge in [-0.15, -0.1) is 0 Å². The Balaban J connectivity index is 1.35. The van der Waals surface area contributed by atoms with Crippen molar-refractivity contribution in [3.63, 3.8) is 0 Å². The van der Waals surface area contributed by atoms with Crippen molar-refractivity contribution >= 4 is 16.7 Å². The highest BCUT2D eigenvalue weighted by molar-refractivity contribution is 6.08. The van der Waals surface area contributed by atoms with Crippen LogP contribution in [0.3, 0.4) is 0 Å². The molecule has 3 aromatic rings. The zero-order valence-electron chi connectivity index (χ0n) is 14.7. The zero-order valence-corrected chi connectivity index (χ0v) is 14.7. The number of carbonyl (C=O) groups excluding carboxylic acids is 1. The Morgan fingerprint density at radius 3 is 2.65 bits per heavy atom. The highest BCUT2D eigenvalue weighted by atomic mass is 19.1. The topological polar surface area (TPSA) is 36.1 Å². The summed E-state index contributed by atoms with van der Waals surface area (Å²) in [6.07, 6.45) is 5.05. The smallest absolute Gasteiger partial charge is 0.178 e. The van der Waals surface area contributed by atoms with Crippen LogP contribution < -0.4 is 0 Å². The zero-order chi connectivity index (χ0) is 17.9. The van der Waals surface area contributed by atoms with E-state index in [0.717, 1.165) is 37.9 Å². The Bertz CT molecular complexity index is 895. The van der Waals surface area contributed by atoms with Crippen molar-refractivity contribution in [2.24, 2.45) is 5.92 Å². The number of rotatable bonds is 5. The molecule has 0 unspecified atom stereocenters. The number of hydrogen-bond donors (Lipinski definition) is 1. The number of likely N-dealkylation sites (tertiary alicyclic amines) is 1. The third-order valence-corrected chi connectivity index (χ3v) is 5.39. The van der Waals surface area contributed by atoms with E-state index in [1.54, 1.807) is 12.3 Å². The summed E-state index contributed by atoms with van der Waals surface area (Å²) in [7, 11) is 0. The molecule has 3 nitrogen and oxygen atoms in total. The molecule has 0 spiro atoms. The molecule has 1 fully saturated rings. The molecular formula is C22H23FN2O. The first-order valence-electron chi connectivity index (χ1n) is 9.25. The van der Waals surface area contributed by atoms with Crippen LogP contribution in [-0.2, 0) is 6.42 Å². The van der Waals surface area contributed by atoms with Crippen molar-refractivity contribution in [1.29, 1.82) is 0 Å². The lowest BCUT2D eigenvalue weighted by atomic mass is 9.90. The number of aromatic nitrogens is 1. The van der Waals surface area contributed by atoms with Crippen LogP contribution in [0.2, 0.25) is 0 Å². The van der Waals surface area contributed by atoms with Gasteiger partial charge in [-0.3, -0.25) is 9.69 Å². The van der Waals surface area contributed by atoms with Gasteiger partial charge in [0.15, 0.2) is 5.78 Å². The number of ketones is 1. The monoisotopic (exact) mass is 350 g/mol. The summed E-state index contributed by atoms with van der Waals surface area (Å²) < 4.78 is 13.5. The molecule has 0 atom stereocenters. The van der Waals surface area contributed by atoms with E-state index in [2.05, 4.69) is 34.1 Å². The van der Waals surface area contributed by atoms with Crippen molar-refractivity contribution in [3.05, 3.63) is 71.7 Å². The second kappa shape index (κ2) is 7.42. The summed E-state index contributed by atoms with van der Waals surface area (Å²) in [5, 5.41) is 0.675. The summed E-state index contributed by atoms with van der Waals surface area (Å²) in [5.74, 6) is 0.433. The molecule has 2 aromatic carbocycles. The van der Waals surface area contributed by atoms with Crippen LogP contribution in [0, 0.1) is 11.7 Å². The van der Waals surface area contributed by atoms with Gasteiger partial charge in [-0.25, -0.2) is 4.39 Å². The van der Waals surface area contributed by atoms with Crippen LogP contribution in [-0.4, -0.2) is 35.3 Å². The molecule has 134 valence electrons. The molecule has 26 heavy (non-hydrogen) atoms. The molecule has 1 aromatic heterocycles. The Morgan fingerprint density at radius 1 is 1.12 bits per heavy atom. The molecule has 0 saturated carbocycles. The Labute approximate surface area is 152 Å². The molecule has 1 N–H and O–H groups in total. The summed E-state index contributed by atoms with van der Waals surface area (Å²) in [6.45, 7) is 2.29. The Morgan fingerprint density at radius 2 is 1.88 bits per heavy atom. The van der Waals surface area contributed by atoms with Crippen LogP contribution in [0.15, 0.2) is 54.7 Å². The Kier molecular flexibility index (Phi) is 4.85. The van der Waals surface area contributed by atoms with E-state index in [9.17, 15) is 9.18 Å². The van der Waals surface area contributed by atoms with Crippen molar-refractivity contribution in [2.75, 3.05) is 19.6 Å². The van der Waals surface area contributed by atoms with E-state index < -0.39 is 0 Å². The van der Waals surface area contributed by atoms with Gasteiger partial charge in [0.05, 0.1) is 6.54 Å². The summed E-state index contributed by atoms with van der Waals surface area (Å²) in [5.41, 5.74) is 2.78. The number of H-pyrrole nitrogens is 1. The average molecular weight is 350 g/mol. The highest BCUT2D eigenvalue weighted by Crippen LogP contribution is 2.23. The first kappa shape index (κ1) is 17.0. The largest absolute Gasteiger partial charge is 0.360 e. The lowest BCUT2D eigenvalue weighted by Gasteiger charge is -2.31. The van der Waals surface area contributed by atoms with Gasteiger partial charge >= 0.3 is 0 Å². The number of fused-ring (bicyclic) bond motifs is 1. The van der Waals surface area contributed by atoms with Crippen LogP contribution in [0.1, 0.15) is 28.8 Å². The SMILES string of the molecule is O=C(CN1CCC(Cc2ccccc2)CC1)c1c[nH]c2ccc(F)cc12. The van der Waals surface area contributed by atoms with Gasteiger partial charge in [0.2, 0.25) is 0 Å². The van der Waals surface area contributed by atoms with Crippen molar-refractivity contribution in [3.8, 4) is 0 Å². The molecule has 0 amide bonds. The highest BCUT2D eigenvalue weighted by Gasteiger charge is 2.22. The fourth-order valence-electron chi connectivity index (χ4n) is 3.91. The van der Waals surface area contributed by atoms with Gasteiger partial charge in [0.25, 0.3) is 0 Å². The molecule has 1 aliphatic heterocycles. The number of benzene rings is 2. The van der Waals surface area contributed by atoms with E-state index >= 15 is 0 Å². The minimum Gasteiger partial charge on any atom is -0.360 e. The minimum atomic E-state index is -0.312. The molecule has 0 aliphatic carbocycles. The molecule has 0 bridgehead atoms. The third kappa shape index (κ3) is 3.70. The predicted octanol–water partition coefficient (Wildman–Crippen LogP) is 4.44. The van der Waals surface area contributed by atoms with Gasteiger partial charge in [-0.05, 0) is 62.0 Å². The van der Waals surface area contributed by atoms with Crippen LogP contribution in [0.4, 0.5) is 4.39 Å². The fraction of sp³-hybridized carbons (Fsp3) is 0.318. The van der Waals surface area contributed by atoms with Gasteiger partial charge in [-0.1, -0.05) is 30.3 Å². The average Bonchev–Trinajstić information content (AvgIpc) is 3.07. The quantitative estimate of drug-likeness (QED) is 0.691. The van der Waals surface area contributed by atoms with Crippen LogP contribution >= 0.6 is 0 Å². The van der Waals surface area contributed by atoms with Gasteiger partial charge in [0, 0.05) is 22.7 Å².